The highest BCUT2D eigenvalue weighted by Crippen LogP contribution is 2.04. The van der Waals surface area contributed by atoms with E-state index in [1.807, 2.05) is 6.92 Å². The Morgan fingerprint density at radius 2 is 1.93 bits per heavy atom. The molecule has 1 N–H and O–H groups in total. The maximum Gasteiger partial charge on any atom is 0.133 e. The third-order valence-electron chi connectivity index (χ3n) is 2.02. The maximum atomic E-state index is 11.3. The fourth-order valence-electron chi connectivity index (χ4n) is 1.15. The predicted molar refractivity (Wildman–Crippen MR) is 61.4 cm³/mol. The van der Waals surface area contributed by atoms with E-state index in [0.717, 1.165) is 25.0 Å². The van der Waals surface area contributed by atoms with Crippen molar-refractivity contribution in [3.63, 3.8) is 0 Å². The number of carbonyl (C=O) groups excluding carboxylic acids is 1. The van der Waals surface area contributed by atoms with Gasteiger partial charge in [-0.2, -0.15) is 0 Å². The van der Waals surface area contributed by atoms with Gasteiger partial charge in [-0.1, -0.05) is 19.4 Å². The standard InChI is InChI=1S/C12H23NO/c1-10(2)7-8-12(14)6-5-9-13-11(3)4/h11,13H,1,5-9H2,2-4H3. The van der Waals surface area contributed by atoms with Crippen molar-refractivity contribution in [1.29, 1.82) is 0 Å². The van der Waals surface area contributed by atoms with Crippen LogP contribution in [0.2, 0.25) is 0 Å². The van der Waals surface area contributed by atoms with Crippen LogP contribution < -0.4 is 5.32 Å². The molecular weight excluding hydrogens is 174 g/mol. The average Bonchev–Trinajstić information content (AvgIpc) is 2.08. The number of hydrogen-bond donors (Lipinski definition) is 1. The van der Waals surface area contributed by atoms with Gasteiger partial charge in [-0.15, -0.1) is 6.58 Å². The first kappa shape index (κ1) is 13.4. The first-order valence-electron chi connectivity index (χ1n) is 5.42. The monoisotopic (exact) mass is 197 g/mol. The lowest BCUT2D eigenvalue weighted by atomic mass is 10.1. The van der Waals surface area contributed by atoms with E-state index >= 15 is 0 Å². The SMILES string of the molecule is C=C(C)CCC(=O)CCCNC(C)C. The minimum absolute atomic E-state index is 0.360. The van der Waals surface area contributed by atoms with Crippen molar-refractivity contribution in [1.82, 2.24) is 5.32 Å². The van der Waals surface area contributed by atoms with Gasteiger partial charge in [0.25, 0.3) is 0 Å². The molecule has 0 atom stereocenters. The summed E-state index contributed by atoms with van der Waals surface area (Å²) in [6.07, 6.45) is 3.16. The summed E-state index contributed by atoms with van der Waals surface area (Å²) in [5, 5.41) is 3.30. The number of rotatable bonds is 8. The molecule has 0 fully saturated rings. The Morgan fingerprint density at radius 3 is 2.43 bits per heavy atom. The van der Waals surface area contributed by atoms with Gasteiger partial charge >= 0.3 is 0 Å². The van der Waals surface area contributed by atoms with Crippen molar-refractivity contribution in [2.75, 3.05) is 6.54 Å². The minimum atomic E-state index is 0.360. The van der Waals surface area contributed by atoms with Crippen LogP contribution in [-0.2, 0) is 4.79 Å². The Hall–Kier alpha value is -0.630. The van der Waals surface area contributed by atoms with Crippen LogP contribution in [0.5, 0.6) is 0 Å². The number of hydrogen-bond acceptors (Lipinski definition) is 2. The van der Waals surface area contributed by atoms with E-state index in [-0.39, 0.29) is 0 Å². The number of Topliss-reactive ketones (excluding diaryl/α,β-unsaturated/α-hetero) is 1. The van der Waals surface area contributed by atoms with Crippen molar-refractivity contribution in [3.05, 3.63) is 12.2 Å². The topological polar surface area (TPSA) is 29.1 Å². The molecule has 2 heteroatoms. The van der Waals surface area contributed by atoms with Crippen LogP contribution in [0.4, 0.5) is 0 Å². The zero-order chi connectivity index (χ0) is 11.0. The zero-order valence-electron chi connectivity index (χ0n) is 9.73. The van der Waals surface area contributed by atoms with E-state index in [2.05, 4.69) is 25.7 Å². The molecule has 0 rings (SSSR count). The van der Waals surface area contributed by atoms with Crippen molar-refractivity contribution in [3.8, 4) is 0 Å². The predicted octanol–water partition coefficient (Wildman–Crippen LogP) is 2.69. The van der Waals surface area contributed by atoms with Crippen LogP contribution in [0.15, 0.2) is 12.2 Å². The van der Waals surface area contributed by atoms with Gasteiger partial charge in [-0.25, -0.2) is 0 Å². The van der Waals surface area contributed by atoms with E-state index in [0.29, 0.717) is 24.7 Å². The van der Waals surface area contributed by atoms with Crippen molar-refractivity contribution >= 4 is 5.78 Å². The van der Waals surface area contributed by atoms with E-state index in [1.54, 1.807) is 0 Å². The minimum Gasteiger partial charge on any atom is -0.315 e. The van der Waals surface area contributed by atoms with Crippen molar-refractivity contribution in [2.45, 2.75) is 52.5 Å². The molecule has 0 unspecified atom stereocenters. The Morgan fingerprint density at radius 1 is 1.29 bits per heavy atom. The van der Waals surface area contributed by atoms with Gasteiger partial charge in [-0.05, 0) is 26.3 Å². The molecule has 0 aromatic carbocycles. The van der Waals surface area contributed by atoms with E-state index in [9.17, 15) is 4.79 Å². The second kappa shape index (κ2) is 7.74. The first-order chi connectivity index (χ1) is 6.52. The molecule has 0 aliphatic heterocycles. The molecule has 82 valence electrons. The second-order valence-corrected chi connectivity index (χ2v) is 4.21. The molecule has 0 aliphatic rings. The highest BCUT2D eigenvalue weighted by Gasteiger charge is 2.01. The van der Waals surface area contributed by atoms with Gasteiger partial charge in [0, 0.05) is 18.9 Å². The molecule has 0 saturated carbocycles. The van der Waals surface area contributed by atoms with Crippen LogP contribution in [0.25, 0.3) is 0 Å². The van der Waals surface area contributed by atoms with Gasteiger partial charge in [0.15, 0.2) is 0 Å². The summed E-state index contributed by atoms with van der Waals surface area (Å²) in [5.41, 5.74) is 1.10. The van der Waals surface area contributed by atoms with Crippen LogP contribution in [-0.4, -0.2) is 18.4 Å². The van der Waals surface area contributed by atoms with E-state index in [4.69, 9.17) is 0 Å². The Labute approximate surface area is 87.8 Å². The fraction of sp³-hybridized carbons (Fsp3) is 0.750. The van der Waals surface area contributed by atoms with E-state index in [1.165, 1.54) is 0 Å². The highest BCUT2D eigenvalue weighted by atomic mass is 16.1. The van der Waals surface area contributed by atoms with Gasteiger partial charge in [0.1, 0.15) is 5.78 Å². The smallest absolute Gasteiger partial charge is 0.133 e. The molecule has 14 heavy (non-hydrogen) atoms. The molecule has 0 bridgehead atoms. The first-order valence-corrected chi connectivity index (χ1v) is 5.42. The number of carbonyl (C=O) groups is 1. The molecule has 0 amide bonds. The van der Waals surface area contributed by atoms with Gasteiger partial charge < -0.3 is 5.32 Å². The van der Waals surface area contributed by atoms with Crippen LogP contribution in [0.1, 0.15) is 46.5 Å². The molecule has 0 heterocycles. The van der Waals surface area contributed by atoms with Crippen LogP contribution in [0.3, 0.4) is 0 Å². The Bertz CT molecular complexity index is 185. The summed E-state index contributed by atoms with van der Waals surface area (Å²) in [6.45, 7) is 10.9. The Balaban J connectivity index is 3.31. The summed E-state index contributed by atoms with van der Waals surface area (Å²) in [5.74, 6) is 0.360. The molecule has 2 nitrogen and oxygen atoms in total. The lowest BCUT2D eigenvalue weighted by molar-refractivity contribution is -0.119. The summed E-state index contributed by atoms with van der Waals surface area (Å²) in [4.78, 5) is 11.3. The molecule has 0 spiro atoms. The lowest BCUT2D eigenvalue weighted by Gasteiger charge is -2.06. The molecule has 0 saturated heterocycles. The zero-order valence-corrected chi connectivity index (χ0v) is 9.73. The quantitative estimate of drug-likeness (QED) is 0.479. The normalized spacial score (nSPS) is 10.6. The summed E-state index contributed by atoms with van der Waals surface area (Å²) < 4.78 is 0. The second-order valence-electron chi connectivity index (χ2n) is 4.21. The highest BCUT2D eigenvalue weighted by molar-refractivity contribution is 5.78. The largest absolute Gasteiger partial charge is 0.315 e. The van der Waals surface area contributed by atoms with Gasteiger partial charge in [0.2, 0.25) is 0 Å². The van der Waals surface area contributed by atoms with Crippen molar-refractivity contribution in [2.24, 2.45) is 0 Å². The summed E-state index contributed by atoms with van der Waals surface area (Å²) in [6, 6.07) is 0.514. The maximum absolute atomic E-state index is 11.3. The summed E-state index contributed by atoms with van der Waals surface area (Å²) in [7, 11) is 0. The van der Waals surface area contributed by atoms with Crippen LogP contribution >= 0.6 is 0 Å². The lowest BCUT2D eigenvalue weighted by Crippen LogP contribution is -2.24. The van der Waals surface area contributed by atoms with Gasteiger partial charge in [-0.3, -0.25) is 4.79 Å². The fourth-order valence-corrected chi connectivity index (χ4v) is 1.15. The molecule has 0 aliphatic carbocycles. The number of ketones is 1. The van der Waals surface area contributed by atoms with Gasteiger partial charge in [0.05, 0.1) is 0 Å². The Kier molecular flexibility index (Phi) is 7.40. The third kappa shape index (κ3) is 9.46. The number of allylic oxidation sites excluding steroid dienone is 1. The van der Waals surface area contributed by atoms with Crippen LogP contribution in [0, 0.1) is 0 Å². The molecule has 0 radical (unpaired) electrons. The molecular formula is C12H23NO. The van der Waals surface area contributed by atoms with Crippen molar-refractivity contribution < 1.29 is 4.79 Å². The average molecular weight is 197 g/mol. The number of nitrogens with one attached hydrogen (secondary N) is 1. The van der Waals surface area contributed by atoms with E-state index < -0.39 is 0 Å². The molecule has 0 aromatic rings. The third-order valence-corrected chi connectivity index (χ3v) is 2.02. The summed E-state index contributed by atoms with van der Waals surface area (Å²) >= 11 is 0. The molecule has 0 aromatic heterocycles.